The quantitative estimate of drug-likeness (QED) is 0.249. The van der Waals surface area contributed by atoms with E-state index in [1.807, 2.05) is 12.1 Å². The molecule has 0 fully saturated rings. The number of para-hydroxylation sites is 4. The van der Waals surface area contributed by atoms with Crippen molar-refractivity contribution in [3.8, 4) is 33.6 Å². The lowest BCUT2D eigenvalue weighted by atomic mass is 9.61. The van der Waals surface area contributed by atoms with Crippen LogP contribution in [0.4, 0.5) is 0 Å². The minimum atomic E-state index is 0.917. The summed E-state index contributed by atoms with van der Waals surface area (Å²) in [4.78, 5) is 0. The monoisotopic (exact) mass is 710 g/mol. The van der Waals surface area contributed by atoms with Gasteiger partial charge in [-0.2, -0.15) is 0 Å². The molecule has 3 aromatic heterocycles. The van der Waals surface area contributed by atoms with Crippen LogP contribution >= 0.6 is 0 Å². The van der Waals surface area contributed by atoms with Gasteiger partial charge in [-0.25, -0.2) is 0 Å². The van der Waals surface area contributed by atoms with Crippen LogP contribution in [-0.4, -0.2) is 48.4 Å². The highest BCUT2D eigenvalue weighted by Crippen LogP contribution is 2.39. The van der Waals surface area contributed by atoms with Gasteiger partial charge in [-0.05, 0) is 71.3 Å². The van der Waals surface area contributed by atoms with E-state index in [-0.39, 0.29) is 0 Å². The number of hydrogen-bond donors (Lipinski definition) is 0. The van der Waals surface area contributed by atoms with Crippen LogP contribution in [0, 0.1) is 0 Å². The Morgan fingerprint density at radius 3 is 1.48 bits per heavy atom. The lowest BCUT2D eigenvalue weighted by Crippen LogP contribution is -2.56. The first-order chi connectivity index (χ1) is 27.4. The Kier molecular flexibility index (Phi) is 7.19. The molecule has 0 N–H and O–H groups in total. The second kappa shape index (κ2) is 12.2. The van der Waals surface area contributed by atoms with Gasteiger partial charge >= 0.3 is 0 Å². The normalized spacial score (nSPS) is 11.9. The summed E-state index contributed by atoms with van der Waals surface area (Å²) in [5.74, 6) is 0. The largest absolute Gasteiger partial charge is 0.455 e. The zero-order valence-electron chi connectivity index (χ0n) is 32.2. The van der Waals surface area contributed by atoms with Crippen LogP contribution < -0.4 is 27.3 Å². The Morgan fingerprint density at radius 1 is 0.357 bits per heavy atom. The average molecular weight is 710 g/mol. The number of rotatable bonds is 4. The van der Waals surface area contributed by atoms with Gasteiger partial charge in [0, 0.05) is 49.3 Å². The zero-order chi connectivity index (χ0) is 37.8. The first-order valence-corrected chi connectivity index (χ1v) is 19.5. The topological polar surface area (TPSA) is 23.0 Å². The molecule has 8 aromatic carbocycles. The molecule has 0 amide bonds. The van der Waals surface area contributed by atoms with E-state index in [0.717, 1.165) is 38.8 Å². The lowest BCUT2D eigenvalue weighted by Gasteiger charge is -2.22. The molecule has 0 radical (unpaired) electrons. The predicted molar refractivity (Wildman–Crippen MR) is 254 cm³/mol. The van der Waals surface area contributed by atoms with Crippen LogP contribution in [0.25, 0.3) is 99.2 Å². The van der Waals surface area contributed by atoms with Crippen molar-refractivity contribution in [2.24, 2.45) is 0 Å². The van der Waals surface area contributed by atoms with E-state index < -0.39 is 0 Å². The Bertz CT molecular complexity index is 3400. The van der Waals surface area contributed by atoms with Crippen molar-refractivity contribution in [3.05, 3.63) is 152 Å². The molecule has 258 valence electrons. The van der Waals surface area contributed by atoms with Gasteiger partial charge in [-0.3, -0.25) is 0 Å². The highest BCUT2D eigenvalue weighted by molar-refractivity contribution is 6.68. The van der Waals surface area contributed by atoms with Crippen LogP contribution in [0.2, 0.25) is 0 Å². The maximum absolute atomic E-state index is 6.38. The Hall–Kier alpha value is -6.52. The molecule has 0 aliphatic carbocycles. The van der Waals surface area contributed by atoms with Crippen LogP contribution in [0.5, 0.6) is 0 Å². The fourth-order valence-corrected chi connectivity index (χ4v) is 9.40. The summed E-state index contributed by atoms with van der Waals surface area (Å²) in [5, 5.41) is 7.33. The third-order valence-electron chi connectivity index (χ3n) is 12.7. The fourth-order valence-electron chi connectivity index (χ4n) is 9.40. The summed E-state index contributed by atoms with van der Waals surface area (Å²) in [6.45, 7) is 0. The van der Waals surface area contributed by atoms with E-state index in [0.29, 0.717) is 0 Å². The molecular weight excluding hydrogens is 675 g/mol. The van der Waals surface area contributed by atoms with Gasteiger partial charge in [0.15, 0.2) is 0 Å². The van der Waals surface area contributed by atoms with E-state index >= 15 is 0 Å². The number of nitrogens with zero attached hydrogens (tertiary/aromatic N) is 2. The van der Waals surface area contributed by atoms with E-state index in [1.54, 1.807) is 0 Å². The maximum atomic E-state index is 6.38. The van der Waals surface area contributed by atoms with Crippen LogP contribution in [0.1, 0.15) is 0 Å². The maximum Gasteiger partial charge on any atom is 0.143 e. The molecule has 0 aliphatic heterocycles. The van der Waals surface area contributed by atoms with Gasteiger partial charge in [0.25, 0.3) is 0 Å². The van der Waals surface area contributed by atoms with Crippen molar-refractivity contribution in [1.29, 1.82) is 0 Å². The second-order valence-electron chi connectivity index (χ2n) is 15.5. The Labute approximate surface area is 329 Å². The minimum absolute atomic E-state index is 0.917. The van der Waals surface area contributed by atoms with Gasteiger partial charge in [0.2, 0.25) is 0 Å². The molecule has 0 spiro atoms. The number of furan rings is 1. The summed E-state index contributed by atoms with van der Waals surface area (Å²) in [5.41, 5.74) is 20.6. The molecule has 56 heavy (non-hydrogen) atoms. The number of aromatic nitrogens is 2. The van der Waals surface area contributed by atoms with Crippen molar-refractivity contribution >= 4 is 132 Å². The minimum Gasteiger partial charge on any atom is -0.455 e. The van der Waals surface area contributed by atoms with Gasteiger partial charge in [-0.15, -0.1) is 5.46 Å². The number of hydrogen-bond acceptors (Lipinski definition) is 1. The molecule has 0 aliphatic rings. The smallest absolute Gasteiger partial charge is 0.143 e. The summed E-state index contributed by atoms with van der Waals surface area (Å²) >= 11 is 0. The molecule has 11 rings (SSSR count). The summed E-state index contributed by atoms with van der Waals surface area (Å²) in [6, 6.07) is 55.3. The number of fused-ring (bicyclic) bond motifs is 9. The van der Waals surface area contributed by atoms with E-state index in [9.17, 15) is 0 Å². The van der Waals surface area contributed by atoms with E-state index in [1.165, 1.54) is 87.7 Å². The SMILES string of the molecule is Bc1c(B)c(B)c(-n2c3ccccc3c3cc(-c4ccc5c(c4)c4ccccc4n5-c4ccc(-c5cccc6c5oc5ccccc56)cc4)ccc32)c(B)c1B. The van der Waals surface area contributed by atoms with Crippen molar-refractivity contribution in [2.45, 2.75) is 0 Å². The molecule has 11 aromatic rings. The Morgan fingerprint density at radius 2 is 0.839 bits per heavy atom. The highest BCUT2D eigenvalue weighted by Gasteiger charge is 2.20. The second-order valence-corrected chi connectivity index (χ2v) is 15.5. The van der Waals surface area contributed by atoms with E-state index in [2.05, 4.69) is 188 Å². The molecule has 0 saturated carbocycles. The van der Waals surface area contributed by atoms with Gasteiger partial charge in [0.05, 0.1) is 22.1 Å². The fraction of sp³-hybridized carbons (Fsp3) is 0. The van der Waals surface area contributed by atoms with Gasteiger partial charge in [-0.1, -0.05) is 119 Å². The average Bonchev–Trinajstić information content (AvgIpc) is 3.90. The predicted octanol–water partition coefficient (Wildman–Crippen LogP) is 4.41. The third-order valence-corrected chi connectivity index (χ3v) is 12.7. The van der Waals surface area contributed by atoms with Crippen molar-refractivity contribution in [3.63, 3.8) is 0 Å². The molecule has 0 atom stereocenters. The first-order valence-electron chi connectivity index (χ1n) is 19.5. The molecule has 8 heteroatoms. The summed E-state index contributed by atoms with van der Waals surface area (Å²) in [7, 11) is 11.3. The molecule has 0 bridgehead atoms. The van der Waals surface area contributed by atoms with Crippen molar-refractivity contribution in [1.82, 2.24) is 9.13 Å². The zero-order valence-corrected chi connectivity index (χ0v) is 32.2. The van der Waals surface area contributed by atoms with Crippen molar-refractivity contribution < 1.29 is 4.42 Å². The molecular formula is C48H35B5N2O. The Balaban J connectivity index is 1.04. The van der Waals surface area contributed by atoms with Crippen LogP contribution in [0.15, 0.2) is 156 Å². The third kappa shape index (κ3) is 4.65. The molecule has 0 unspecified atom stereocenters. The molecule has 3 heterocycles. The van der Waals surface area contributed by atoms with Crippen molar-refractivity contribution in [2.75, 3.05) is 0 Å². The lowest BCUT2D eigenvalue weighted by molar-refractivity contribution is 0.670. The summed E-state index contributed by atoms with van der Waals surface area (Å²) in [6.07, 6.45) is 0. The van der Waals surface area contributed by atoms with Crippen LogP contribution in [0.3, 0.4) is 0 Å². The first kappa shape index (κ1) is 32.9. The van der Waals surface area contributed by atoms with Gasteiger partial charge in [0.1, 0.15) is 50.4 Å². The summed E-state index contributed by atoms with van der Waals surface area (Å²) < 4.78 is 11.3. The van der Waals surface area contributed by atoms with Crippen LogP contribution in [-0.2, 0) is 0 Å². The highest BCUT2D eigenvalue weighted by atomic mass is 16.3. The number of benzene rings is 8. The molecule has 0 saturated heterocycles. The van der Waals surface area contributed by atoms with Gasteiger partial charge < -0.3 is 13.6 Å². The standard InChI is InChI=1S/C48H35B5N2O/c49-42-43(50)45(52)47(46(53)44(42)51)55-38-14-5-2-9-32(38)36-25-28(19-23-40(36)55)27-18-22-39-35(24-27)31-8-1-4-13-37(31)54(39)29-20-16-26(17-21-29)30-11-7-12-34-33-10-3-6-15-41(33)56-48(30)34/h1-25H,49-53H2. The molecule has 3 nitrogen and oxygen atoms in total. The van der Waals surface area contributed by atoms with E-state index in [4.69, 9.17) is 4.42 Å².